The van der Waals surface area contributed by atoms with Crippen LogP contribution >= 0.6 is 0 Å². The second-order valence-electron chi connectivity index (χ2n) is 4.13. The van der Waals surface area contributed by atoms with Gasteiger partial charge >= 0.3 is 6.03 Å². The maximum absolute atomic E-state index is 13.2. The summed E-state index contributed by atoms with van der Waals surface area (Å²) in [6, 6.07) is 4.36. The van der Waals surface area contributed by atoms with Gasteiger partial charge in [-0.2, -0.15) is 0 Å². The van der Waals surface area contributed by atoms with Crippen molar-refractivity contribution in [2.24, 2.45) is 0 Å². The van der Waals surface area contributed by atoms with Crippen molar-refractivity contribution in [1.82, 2.24) is 10.2 Å². The minimum Gasteiger partial charge on any atom is -0.277 e. The number of carbonyl (C=O) groups is 3. The second kappa shape index (κ2) is 5.53. The molecule has 1 aliphatic rings. The summed E-state index contributed by atoms with van der Waals surface area (Å²) in [6.07, 6.45) is 0. The minimum absolute atomic E-state index is 0.111. The molecule has 1 aromatic carbocycles. The van der Waals surface area contributed by atoms with E-state index in [2.05, 4.69) is 17.2 Å². The first kappa shape index (κ1) is 13.7. The lowest BCUT2D eigenvalue weighted by atomic mass is 9.95. The van der Waals surface area contributed by atoms with E-state index in [0.717, 1.165) is 11.0 Å². The molecule has 2 rings (SSSR count). The van der Waals surface area contributed by atoms with Crippen molar-refractivity contribution in [3.8, 4) is 11.8 Å². The number of benzene rings is 1. The molecule has 0 bridgehead atoms. The number of barbiturate groups is 1. The van der Waals surface area contributed by atoms with Crippen LogP contribution in [0.25, 0.3) is 0 Å². The van der Waals surface area contributed by atoms with Crippen LogP contribution in [0.5, 0.6) is 0 Å². The van der Waals surface area contributed by atoms with Gasteiger partial charge in [0, 0.05) is 0 Å². The molecular formula is C14H11FN2O3. The van der Waals surface area contributed by atoms with Crippen LogP contribution in [-0.4, -0.2) is 29.3 Å². The minimum atomic E-state index is -1.23. The van der Waals surface area contributed by atoms with Gasteiger partial charge in [-0.1, -0.05) is 18.1 Å². The van der Waals surface area contributed by atoms with Gasteiger partial charge in [-0.3, -0.25) is 19.8 Å². The average Bonchev–Trinajstić information content (AvgIpc) is 2.38. The van der Waals surface area contributed by atoms with Crippen molar-refractivity contribution < 1.29 is 18.8 Å². The Hall–Kier alpha value is -2.68. The fraction of sp³-hybridized carbons (Fsp3) is 0.214. The van der Waals surface area contributed by atoms with Gasteiger partial charge in [0.1, 0.15) is 11.7 Å². The summed E-state index contributed by atoms with van der Waals surface area (Å²) < 4.78 is 13.2. The molecule has 20 heavy (non-hydrogen) atoms. The number of imide groups is 2. The third-order valence-electron chi connectivity index (χ3n) is 2.85. The summed E-state index contributed by atoms with van der Waals surface area (Å²) in [4.78, 5) is 36.5. The Morgan fingerprint density at radius 2 is 2.10 bits per heavy atom. The molecule has 1 heterocycles. The van der Waals surface area contributed by atoms with Gasteiger partial charge in [-0.05, 0) is 24.6 Å². The zero-order valence-corrected chi connectivity index (χ0v) is 10.6. The van der Waals surface area contributed by atoms with Crippen LogP contribution in [0, 0.1) is 17.7 Å². The average molecular weight is 274 g/mol. The lowest BCUT2D eigenvalue weighted by Gasteiger charge is -2.28. The number of halogens is 1. The molecule has 1 aromatic rings. The molecule has 1 unspecified atom stereocenters. The Morgan fingerprint density at radius 1 is 1.35 bits per heavy atom. The van der Waals surface area contributed by atoms with E-state index < -0.39 is 29.6 Å². The van der Waals surface area contributed by atoms with E-state index >= 15 is 0 Å². The SMILES string of the molecule is CC#CCN1C(=O)NC(=O)C(c2cccc(F)c2)C1=O. The van der Waals surface area contributed by atoms with Crippen LogP contribution in [-0.2, 0) is 9.59 Å². The first-order chi connectivity index (χ1) is 9.54. The molecule has 4 amide bonds. The fourth-order valence-corrected chi connectivity index (χ4v) is 1.90. The van der Waals surface area contributed by atoms with E-state index in [4.69, 9.17) is 0 Å². The van der Waals surface area contributed by atoms with Crippen molar-refractivity contribution in [3.05, 3.63) is 35.6 Å². The van der Waals surface area contributed by atoms with Crippen LogP contribution in [0.2, 0.25) is 0 Å². The van der Waals surface area contributed by atoms with E-state index in [9.17, 15) is 18.8 Å². The predicted molar refractivity (Wildman–Crippen MR) is 67.8 cm³/mol. The van der Waals surface area contributed by atoms with E-state index in [1.807, 2.05) is 0 Å². The fourth-order valence-electron chi connectivity index (χ4n) is 1.90. The topological polar surface area (TPSA) is 66.5 Å². The summed E-state index contributed by atoms with van der Waals surface area (Å²) in [5.41, 5.74) is 0.203. The Labute approximate surface area is 114 Å². The number of nitrogens with one attached hydrogen (secondary N) is 1. The number of nitrogens with zero attached hydrogens (tertiary/aromatic N) is 1. The normalized spacial score (nSPS) is 18.4. The molecule has 0 radical (unpaired) electrons. The molecule has 0 aliphatic carbocycles. The molecule has 0 saturated carbocycles. The van der Waals surface area contributed by atoms with Gasteiger partial charge in [-0.15, -0.1) is 5.92 Å². The molecule has 1 fully saturated rings. The van der Waals surface area contributed by atoms with Crippen LogP contribution in [0.1, 0.15) is 18.4 Å². The molecule has 1 aliphatic heterocycles. The molecule has 0 spiro atoms. The highest BCUT2D eigenvalue weighted by atomic mass is 19.1. The van der Waals surface area contributed by atoms with Crippen molar-refractivity contribution in [1.29, 1.82) is 0 Å². The number of hydrogen-bond acceptors (Lipinski definition) is 3. The Morgan fingerprint density at radius 3 is 2.75 bits per heavy atom. The molecule has 1 N–H and O–H groups in total. The second-order valence-corrected chi connectivity index (χ2v) is 4.13. The summed E-state index contributed by atoms with van der Waals surface area (Å²) in [5.74, 6) is 1.90. The van der Waals surface area contributed by atoms with Gasteiger partial charge in [-0.25, -0.2) is 9.18 Å². The monoisotopic (exact) mass is 274 g/mol. The maximum atomic E-state index is 13.2. The van der Waals surface area contributed by atoms with Crippen molar-refractivity contribution in [2.75, 3.05) is 6.54 Å². The van der Waals surface area contributed by atoms with Gasteiger partial charge < -0.3 is 0 Å². The zero-order chi connectivity index (χ0) is 14.7. The quantitative estimate of drug-likeness (QED) is 0.646. The molecule has 5 nitrogen and oxygen atoms in total. The third-order valence-corrected chi connectivity index (χ3v) is 2.85. The van der Waals surface area contributed by atoms with E-state index in [1.54, 1.807) is 6.92 Å². The number of amides is 4. The lowest BCUT2D eigenvalue weighted by Crippen LogP contribution is -2.56. The summed E-state index contributed by atoms with van der Waals surface area (Å²) in [7, 11) is 0. The van der Waals surface area contributed by atoms with E-state index in [0.29, 0.717) is 0 Å². The molecule has 0 aromatic heterocycles. The van der Waals surface area contributed by atoms with Crippen LogP contribution in [0.15, 0.2) is 24.3 Å². The molecule has 102 valence electrons. The molecule has 1 saturated heterocycles. The highest BCUT2D eigenvalue weighted by molar-refractivity contribution is 6.19. The number of rotatable bonds is 2. The molecule has 1 atom stereocenters. The molecule has 6 heteroatoms. The van der Waals surface area contributed by atoms with Gasteiger partial charge in [0.15, 0.2) is 0 Å². The molecular weight excluding hydrogens is 263 g/mol. The largest absolute Gasteiger partial charge is 0.331 e. The highest BCUT2D eigenvalue weighted by Gasteiger charge is 2.41. The van der Waals surface area contributed by atoms with E-state index in [1.165, 1.54) is 18.2 Å². The van der Waals surface area contributed by atoms with Gasteiger partial charge in [0.2, 0.25) is 11.8 Å². The van der Waals surface area contributed by atoms with E-state index in [-0.39, 0.29) is 12.1 Å². The highest BCUT2D eigenvalue weighted by Crippen LogP contribution is 2.23. The maximum Gasteiger partial charge on any atom is 0.331 e. The lowest BCUT2D eigenvalue weighted by molar-refractivity contribution is -0.138. The first-order valence-electron chi connectivity index (χ1n) is 5.86. The summed E-state index contributed by atoms with van der Waals surface area (Å²) >= 11 is 0. The smallest absolute Gasteiger partial charge is 0.277 e. The summed E-state index contributed by atoms with van der Waals surface area (Å²) in [5, 5.41) is 2.07. The Kier molecular flexibility index (Phi) is 3.80. The zero-order valence-electron chi connectivity index (χ0n) is 10.6. The predicted octanol–water partition coefficient (Wildman–Crippen LogP) is 1.01. The number of carbonyl (C=O) groups excluding carboxylic acids is 3. The van der Waals surface area contributed by atoms with Crippen molar-refractivity contribution in [2.45, 2.75) is 12.8 Å². The summed E-state index contributed by atoms with van der Waals surface area (Å²) in [6.45, 7) is 1.46. The first-order valence-corrected chi connectivity index (χ1v) is 5.86. The van der Waals surface area contributed by atoms with Crippen molar-refractivity contribution >= 4 is 17.8 Å². The number of hydrogen-bond donors (Lipinski definition) is 1. The Balaban J connectivity index is 2.36. The third kappa shape index (κ3) is 2.52. The van der Waals surface area contributed by atoms with Crippen LogP contribution < -0.4 is 5.32 Å². The van der Waals surface area contributed by atoms with Gasteiger partial charge in [0.25, 0.3) is 0 Å². The Bertz CT molecular complexity index is 645. The van der Waals surface area contributed by atoms with Crippen molar-refractivity contribution in [3.63, 3.8) is 0 Å². The number of urea groups is 1. The van der Waals surface area contributed by atoms with Crippen LogP contribution in [0.4, 0.5) is 9.18 Å². The standard InChI is InChI=1S/C14H11FN2O3/c1-2-3-7-17-13(19)11(12(18)16-14(17)20)9-5-4-6-10(15)8-9/h4-6,8,11H,7H2,1H3,(H,16,18,20). The van der Waals surface area contributed by atoms with Gasteiger partial charge in [0.05, 0.1) is 6.54 Å². The van der Waals surface area contributed by atoms with Crippen LogP contribution in [0.3, 0.4) is 0 Å².